The van der Waals surface area contributed by atoms with Crippen LogP contribution in [0.2, 0.25) is 0 Å². The van der Waals surface area contributed by atoms with Crippen LogP contribution < -0.4 is 4.90 Å². The van der Waals surface area contributed by atoms with Gasteiger partial charge in [0.2, 0.25) is 0 Å². The first-order chi connectivity index (χ1) is 7.59. The van der Waals surface area contributed by atoms with E-state index in [1.165, 1.54) is 12.2 Å². The van der Waals surface area contributed by atoms with Crippen molar-refractivity contribution >= 4 is 23.1 Å². The van der Waals surface area contributed by atoms with E-state index in [4.69, 9.17) is 0 Å². The second-order valence-electron chi connectivity index (χ2n) is 3.67. The minimum atomic E-state index is -0.298. The highest BCUT2D eigenvalue weighted by atomic mass is 16.2. The Morgan fingerprint density at radius 2 is 1.56 bits per heavy atom. The highest BCUT2D eigenvalue weighted by molar-refractivity contribution is 6.28. The molecule has 3 heteroatoms. The van der Waals surface area contributed by atoms with E-state index in [1.807, 2.05) is 19.1 Å². The fourth-order valence-electron chi connectivity index (χ4n) is 1.55. The van der Waals surface area contributed by atoms with E-state index in [-0.39, 0.29) is 11.8 Å². The van der Waals surface area contributed by atoms with Gasteiger partial charge in [0.1, 0.15) is 0 Å². The summed E-state index contributed by atoms with van der Waals surface area (Å²) in [4.78, 5) is 24.0. The van der Waals surface area contributed by atoms with E-state index >= 15 is 0 Å². The van der Waals surface area contributed by atoms with Crippen LogP contribution in [-0.2, 0) is 9.59 Å². The zero-order valence-electron chi connectivity index (χ0n) is 8.93. The summed E-state index contributed by atoms with van der Waals surface area (Å²) < 4.78 is 0. The van der Waals surface area contributed by atoms with Crippen LogP contribution in [0.15, 0.2) is 43.0 Å². The molecule has 0 saturated carbocycles. The van der Waals surface area contributed by atoms with Gasteiger partial charge in [-0.05, 0) is 24.6 Å². The summed E-state index contributed by atoms with van der Waals surface area (Å²) in [5.41, 5.74) is 2.53. The Bertz CT molecular complexity index is 479. The molecule has 0 saturated heterocycles. The summed E-state index contributed by atoms with van der Waals surface area (Å²) in [5, 5.41) is 0. The molecule has 0 atom stereocenters. The molecule has 16 heavy (non-hydrogen) atoms. The SMILES string of the molecule is C=C(C)c1ccc(N2C(=O)C=CC2=O)cc1. The number of carbonyl (C=O) groups is 2. The van der Waals surface area contributed by atoms with Crippen LogP contribution in [0.1, 0.15) is 12.5 Å². The quantitative estimate of drug-likeness (QED) is 0.706. The number of anilines is 1. The third kappa shape index (κ3) is 1.67. The van der Waals surface area contributed by atoms with Crippen LogP contribution in [0, 0.1) is 0 Å². The molecule has 0 radical (unpaired) electrons. The van der Waals surface area contributed by atoms with Crippen molar-refractivity contribution in [2.75, 3.05) is 4.90 Å². The highest BCUT2D eigenvalue weighted by Gasteiger charge is 2.24. The molecule has 2 amide bonds. The normalized spacial score (nSPS) is 14.7. The third-order valence-corrected chi connectivity index (χ3v) is 2.43. The third-order valence-electron chi connectivity index (χ3n) is 2.43. The zero-order valence-corrected chi connectivity index (χ0v) is 8.93. The van der Waals surface area contributed by atoms with Crippen molar-refractivity contribution in [3.8, 4) is 0 Å². The maximum atomic E-state index is 11.4. The highest BCUT2D eigenvalue weighted by Crippen LogP contribution is 2.21. The van der Waals surface area contributed by atoms with Gasteiger partial charge in [-0.1, -0.05) is 24.3 Å². The van der Waals surface area contributed by atoms with Gasteiger partial charge >= 0.3 is 0 Å². The summed E-state index contributed by atoms with van der Waals surface area (Å²) >= 11 is 0. The lowest BCUT2D eigenvalue weighted by atomic mass is 10.1. The minimum absolute atomic E-state index is 0.298. The van der Waals surface area contributed by atoms with Crippen molar-refractivity contribution in [3.63, 3.8) is 0 Å². The Hall–Kier alpha value is -2.16. The van der Waals surface area contributed by atoms with E-state index in [2.05, 4.69) is 6.58 Å². The number of hydrogen-bond donors (Lipinski definition) is 0. The summed E-state index contributed by atoms with van der Waals surface area (Å²) in [6, 6.07) is 7.17. The van der Waals surface area contributed by atoms with E-state index in [9.17, 15) is 9.59 Å². The molecular formula is C13H11NO2. The van der Waals surface area contributed by atoms with Crippen molar-refractivity contribution in [1.82, 2.24) is 0 Å². The van der Waals surface area contributed by atoms with Crippen LogP contribution in [0.25, 0.3) is 5.57 Å². The van der Waals surface area contributed by atoms with Crippen molar-refractivity contribution in [2.24, 2.45) is 0 Å². The summed E-state index contributed by atoms with van der Waals surface area (Å²) in [6.45, 7) is 5.73. The lowest BCUT2D eigenvalue weighted by molar-refractivity contribution is -0.119. The average Bonchev–Trinajstić information content (AvgIpc) is 2.59. The molecule has 0 bridgehead atoms. The van der Waals surface area contributed by atoms with E-state index < -0.39 is 0 Å². The lowest BCUT2D eigenvalue weighted by Crippen LogP contribution is -2.29. The van der Waals surface area contributed by atoms with Crippen LogP contribution in [-0.4, -0.2) is 11.8 Å². The van der Waals surface area contributed by atoms with Gasteiger partial charge in [-0.25, -0.2) is 4.90 Å². The molecule has 0 N–H and O–H groups in total. The van der Waals surface area contributed by atoms with E-state index in [0.29, 0.717) is 5.69 Å². The zero-order chi connectivity index (χ0) is 11.7. The number of imide groups is 1. The molecular weight excluding hydrogens is 202 g/mol. The molecule has 3 nitrogen and oxygen atoms in total. The first-order valence-corrected chi connectivity index (χ1v) is 4.91. The molecule has 0 unspecified atom stereocenters. The van der Waals surface area contributed by atoms with Gasteiger partial charge in [-0.15, -0.1) is 0 Å². The summed E-state index contributed by atoms with van der Waals surface area (Å²) in [7, 11) is 0. The van der Waals surface area contributed by atoms with Gasteiger partial charge in [0, 0.05) is 12.2 Å². The van der Waals surface area contributed by atoms with E-state index in [0.717, 1.165) is 16.0 Å². The number of amides is 2. The molecule has 1 aromatic rings. The predicted molar refractivity (Wildman–Crippen MR) is 62.8 cm³/mol. The number of hydrogen-bond acceptors (Lipinski definition) is 2. The maximum Gasteiger partial charge on any atom is 0.258 e. The summed E-state index contributed by atoms with van der Waals surface area (Å²) in [5.74, 6) is -0.596. The lowest BCUT2D eigenvalue weighted by Gasteiger charge is -2.14. The second-order valence-corrected chi connectivity index (χ2v) is 3.67. The van der Waals surface area contributed by atoms with Gasteiger partial charge in [0.05, 0.1) is 5.69 Å². The van der Waals surface area contributed by atoms with Crippen molar-refractivity contribution in [3.05, 3.63) is 48.6 Å². The number of rotatable bonds is 2. The Balaban J connectivity index is 2.32. The first-order valence-electron chi connectivity index (χ1n) is 4.91. The molecule has 1 aliphatic heterocycles. The number of nitrogens with zero attached hydrogens (tertiary/aromatic N) is 1. The van der Waals surface area contributed by atoms with Gasteiger partial charge < -0.3 is 0 Å². The fourth-order valence-corrected chi connectivity index (χ4v) is 1.55. The van der Waals surface area contributed by atoms with Crippen molar-refractivity contribution in [2.45, 2.75) is 6.92 Å². The standard InChI is InChI=1S/C13H11NO2/c1-9(2)10-3-5-11(6-4-10)14-12(15)7-8-13(14)16/h3-8H,1H2,2H3. The number of carbonyl (C=O) groups excluding carboxylic acids is 2. The molecule has 0 aromatic heterocycles. The number of allylic oxidation sites excluding steroid dienone is 1. The van der Waals surface area contributed by atoms with Crippen LogP contribution in [0.4, 0.5) is 5.69 Å². The minimum Gasteiger partial charge on any atom is -0.269 e. The topological polar surface area (TPSA) is 37.4 Å². The Labute approximate surface area is 93.7 Å². The molecule has 80 valence electrons. The monoisotopic (exact) mass is 213 g/mol. The molecule has 2 rings (SSSR count). The second kappa shape index (κ2) is 3.77. The van der Waals surface area contributed by atoms with Gasteiger partial charge in [0.25, 0.3) is 11.8 Å². The first kappa shape index (κ1) is 10.4. The predicted octanol–water partition coefficient (Wildman–Crippen LogP) is 2.15. The molecule has 1 aliphatic rings. The van der Waals surface area contributed by atoms with Gasteiger partial charge in [-0.3, -0.25) is 9.59 Å². The van der Waals surface area contributed by atoms with E-state index in [1.54, 1.807) is 12.1 Å². The number of benzene rings is 1. The van der Waals surface area contributed by atoms with Crippen LogP contribution in [0.3, 0.4) is 0 Å². The Morgan fingerprint density at radius 3 is 2.00 bits per heavy atom. The molecule has 1 heterocycles. The van der Waals surface area contributed by atoms with Crippen LogP contribution in [0.5, 0.6) is 0 Å². The molecule has 0 aliphatic carbocycles. The Kier molecular flexibility index (Phi) is 2.44. The smallest absolute Gasteiger partial charge is 0.258 e. The maximum absolute atomic E-state index is 11.4. The largest absolute Gasteiger partial charge is 0.269 e. The van der Waals surface area contributed by atoms with Crippen LogP contribution >= 0.6 is 0 Å². The van der Waals surface area contributed by atoms with Gasteiger partial charge in [-0.2, -0.15) is 0 Å². The Morgan fingerprint density at radius 1 is 1.06 bits per heavy atom. The van der Waals surface area contributed by atoms with Crippen molar-refractivity contribution in [1.29, 1.82) is 0 Å². The molecule has 0 spiro atoms. The molecule has 0 fully saturated rings. The average molecular weight is 213 g/mol. The van der Waals surface area contributed by atoms with Gasteiger partial charge in [0.15, 0.2) is 0 Å². The fraction of sp³-hybridized carbons (Fsp3) is 0.0769. The summed E-state index contributed by atoms with van der Waals surface area (Å²) in [6.07, 6.45) is 2.55. The molecule has 1 aromatic carbocycles. The van der Waals surface area contributed by atoms with Crippen molar-refractivity contribution < 1.29 is 9.59 Å².